The third-order valence-corrected chi connectivity index (χ3v) is 4.67. The van der Waals surface area contributed by atoms with E-state index in [-0.39, 0.29) is 17.2 Å². The molecule has 5 nitrogen and oxygen atoms in total. The highest BCUT2D eigenvalue weighted by Crippen LogP contribution is 2.29. The fraction of sp³-hybridized carbons (Fsp3) is 0.357. The first-order chi connectivity index (χ1) is 9.44. The van der Waals surface area contributed by atoms with Gasteiger partial charge in [-0.1, -0.05) is 25.6 Å². The first-order valence-electron chi connectivity index (χ1n) is 6.39. The molecule has 104 valence electrons. The van der Waals surface area contributed by atoms with Gasteiger partial charge in [0, 0.05) is 18.0 Å². The summed E-state index contributed by atoms with van der Waals surface area (Å²) in [6.45, 7) is 5.16. The highest BCUT2D eigenvalue weighted by Gasteiger charge is 2.27. The topological polar surface area (TPSA) is 70.6 Å². The average Bonchev–Trinajstić information content (AvgIpc) is 2.68. The van der Waals surface area contributed by atoms with Crippen molar-refractivity contribution in [3.8, 4) is 0 Å². The zero-order valence-corrected chi connectivity index (χ0v) is 12.1. The third kappa shape index (κ3) is 2.43. The SMILES string of the molecule is CC1(C)CN=C(Nc2ccc3c(c2)C(=O)NC3=O)SC1. The summed E-state index contributed by atoms with van der Waals surface area (Å²) in [5.74, 6) is 0.332. The quantitative estimate of drug-likeness (QED) is 0.777. The zero-order chi connectivity index (χ0) is 14.3. The van der Waals surface area contributed by atoms with E-state index >= 15 is 0 Å². The van der Waals surface area contributed by atoms with Gasteiger partial charge in [0.1, 0.15) is 0 Å². The number of rotatable bonds is 1. The zero-order valence-electron chi connectivity index (χ0n) is 11.3. The maximum atomic E-state index is 11.6. The molecule has 2 amide bonds. The van der Waals surface area contributed by atoms with Crippen molar-refractivity contribution in [2.75, 3.05) is 17.6 Å². The summed E-state index contributed by atoms with van der Waals surface area (Å²) >= 11 is 1.67. The number of thioether (sulfide) groups is 1. The number of hydrogen-bond donors (Lipinski definition) is 2. The second-order valence-corrected chi connectivity index (χ2v) is 6.71. The Hall–Kier alpha value is -1.82. The minimum atomic E-state index is -0.340. The van der Waals surface area contributed by atoms with E-state index in [9.17, 15) is 9.59 Å². The van der Waals surface area contributed by atoms with Gasteiger partial charge in [0.25, 0.3) is 11.8 Å². The molecule has 0 spiro atoms. The van der Waals surface area contributed by atoms with Crippen molar-refractivity contribution in [2.24, 2.45) is 10.4 Å². The Morgan fingerprint density at radius 3 is 2.70 bits per heavy atom. The number of nitrogens with zero attached hydrogens (tertiary/aromatic N) is 1. The molecule has 2 heterocycles. The molecule has 0 atom stereocenters. The molecule has 3 rings (SSSR count). The van der Waals surface area contributed by atoms with Crippen LogP contribution >= 0.6 is 11.8 Å². The van der Waals surface area contributed by atoms with Crippen LogP contribution in [0.2, 0.25) is 0 Å². The normalized spacial score (nSPS) is 20.2. The van der Waals surface area contributed by atoms with Crippen LogP contribution in [-0.2, 0) is 0 Å². The first-order valence-corrected chi connectivity index (χ1v) is 7.37. The molecule has 0 saturated heterocycles. The van der Waals surface area contributed by atoms with Crippen molar-refractivity contribution in [3.63, 3.8) is 0 Å². The van der Waals surface area contributed by atoms with Gasteiger partial charge >= 0.3 is 0 Å². The maximum Gasteiger partial charge on any atom is 0.259 e. The van der Waals surface area contributed by atoms with Crippen LogP contribution in [0.5, 0.6) is 0 Å². The molecule has 0 radical (unpaired) electrons. The van der Waals surface area contributed by atoms with E-state index in [0.717, 1.165) is 23.2 Å². The molecule has 2 N–H and O–H groups in total. The number of nitrogens with one attached hydrogen (secondary N) is 2. The second kappa shape index (κ2) is 4.63. The maximum absolute atomic E-state index is 11.6. The van der Waals surface area contributed by atoms with Crippen LogP contribution in [0, 0.1) is 5.41 Å². The van der Waals surface area contributed by atoms with Crippen LogP contribution in [-0.4, -0.2) is 29.3 Å². The van der Waals surface area contributed by atoms with E-state index in [1.54, 1.807) is 30.0 Å². The molecule has 1 aromatic rings. The lowest BCUT2D eigenvalue weighted by Gasteiger charge is -2.27. The predicted molar refractivity (Wildman–Crippen MR) is 80.4 cm³/mol. The van der Waals surface area contributed by atoms with Crippen LogP contribution in [0.3, 0.4) is 0 Å². The van der Waals surface area contributed by atoms with Gasteiger partial charge in [-0.3, -0.25) is 19.9 Å². The molecule has 2 aliphatic heterocycles. The summed E-state index contributed by atoms with van der Waals surface area (Å²) in [5, 5.41) is 6.34. The van der Waals surface area contributed by atoms with E-state index in [1.807, 2.05) is 0 Å². The van der Waals surface area contributed by atoms with Crippen LogP contribution in [0.1, 0.15) is 34.6 Å². The lowest BCUT2D eigenvalue weighted by Crippen LogP contribution is -2.27. The van der Waals surface area contributed by atoms with Crippen LogP contribution in [0.25, 0.3) is 0 Å². The van der Waals surface area contributed by atoms with Gasteiger partial charge in [0.2, 0.25) is 0 Å². The number of aliphatic imine (C=N–C) groups is 1. The van der Waals surface area contributed by atoms with E-state index in [1.165, 1.54) is 0 Å². The monoisotopic (exact) mass is 289 g/mol. The van der Waals surface area contributed by atoms with Gasteiger partial charge in [-0.2, -0.15) is 0 Å². The summed E-state index contributed by atoms with van der Waals surface area (Å²) in [4.78, 5) is 27.6. The molecule has 0 aromatic heterocycles. The van der Waals surface area contributed by atoms with E-state index < -0.39 is 0 Å². The Balaban J connectivity index is 1.80. The highest BCUT2D eigenvalue weighted by atomic mass is 32.2. The van der Waals surface area contributed by atoms with E-state index in [4.69, 9.17) is 0 Å². The number of benzene rings is 1. The Morgan fingerprint density at radius 2 is 2.00 bits per heavy atom. The molecule has 6 heteroatoms. The number of anilines is 1. The summed E-state index contributed by atoms with van der Waals surface area (Å²) in [7, 11) is 0. The molecule has 20 heavy (non-hydrogen) atoms. The molecule has 1 aromatic carbocycles. The molecular formula is C14H15N3O2S. The first kappa shape index (κ1) is 13.2. The van der Waals surface area contributed by atoms with Gasteiger partial charge in [0.15, 0.2) is 5.17 Å². The predicted octanol–water partition coefficient (Wildman–Crippen LogP) is 2.11. The summed E-state index contributed by atoms with van der Waals surface area (Å²) in [6, 6.07) is 5.15. The Bertz CT molecular complexity index is 637. The Morgan fingerprint density at radius 1 is 1.25 bits per heavy atom. The van der Waals surface area contributed by atoms with Crippen LogP contribution < -0.4 is 10.6 Å². The summed E-state index contributed by atoms with van der Waals surface area (Å²) in [5.41, 5.74) is 1.85. The number of fused-ring (bicyclic) bond motifs is 1. The molecule has 0 aliphatic carbocycles. The van der Waals surface area contributed by atoms with Crippen molar-refractivity contribution in [1.82, 2.24) is 5.32 Å². The molecule has 0 unspecified atom stereocenters. The summed E-state index contributed by atoms with van der Waals surface area (Å²) in [6.07, 6.45) is 0. The minimum Gasteiger partial charge on any atom is -0.335 e. The Kier molecular flexibility index (Phi) is 3.05. The molecule has 0 bridgehead atoms. The van der Waals surface area contributed by atoms with Gasteiger partial charge in [-0.05, 0) is 23.6 Å². The number of imide groups is 1. The largest absolute Gasteiger partial charge is 0.335 e. The number of amides is 2. The van der Waals surface area contributed by atoms with Gasteiger partial charge < -0.3 is 5.32 Å². The standard InChI is InChI=1S/C14H15N3O2S/c1-14(2)6-15-13(20-7-14)16-8-3-4-9-10(5-8)12(19)17-11(9)18/h3-5H,6-7H2,1-2H3,(H,15,16)(H,17,18,19). The van der Waals surface area contributed by atoms with Crippen molar-refractivity contribution >= 4 is 34.4 Å². The minimum absolute atomic E-state index is 0.222. The number of amidine groups is 1. The average molecular weight is 289 g/mol. The molecule has 2 aliphatic rings. The number of hydrogen-bond acceptors (Lipinski definition) is 5. The number of carbonyl (C=O) groups is 2. The third-order valence-electron chi connectivity index (χ3n) is 3.24. The van der Waals surface area contributed by atoms with Crippen molar-refractivity contribution in [3.05, 3.63) is 29.3 Å². The molecule has 0 fully saturated rings. The van der Waals surface area contributed by atoms with Crippen LogP contribution in [0.15, 0.2) is 23.2 Å². The lowest BCUT2D eigenvalue weighted by atomic mass is 9.97. The number of carbonyl (C=O) groups excluding carboxylic acids is 2. The fourth-order valence-corrected chi connectivity index (χ4v) is 3.05. The smallest absolute Gasteiger partial charge is 0.259 e. The van der Waals surface area contributed by atoms with E-state index in [2.05, 4.69) is 29.5 Å². The van der Waals surface area contributed by atoms with Crippen LogP contribution in [0.4, 0.5) is 5.69 Å². The van der Waals surface area contributed by atoms with Crippen molar-refractivity contribution in [2.45, 2.75) is 13.8 Å². The molecular weight excluding hydrogens is 274 g/mol. The lowest BCUT2D eigenvalue weighted by molar-refractivity contribution is 0.0879. The van der Waals surface area contributed by atoms with Crippen molar-refractivity contribution in [1.29, 1.82) is 0 Å². The van der Waals surface area contributed by atoms with Gasteiger partial charge in [-0.25, -0.2) is 0 Å². The second-order valence-electron chi connectivity index (χ2n) is 5.74. The van der Waals surface area contributed by atoms with Gasteiger partial charge in [-0.15, -0.1) is 0 Å². The highest BCUT2D eigenvalue weighted by molar-refractivity contribution is 8.14. The Labute approximate surface area is 121 Å². The fourth-order valence-electron chi connectivity index (χ4n) is 2.09. The summed E-state index contributed by atoms with van der Waals surface area (Å²) < 4.78 is 0. The van der Waals surface area contributed by atoms with E-state index in [0.29, 0.717) is 11.1 Å². The van der Waals surface area contributed by atoms with Crippen molar-refractivity contribution < 1.29 is 9.59 Å². The molecule has 0 saturated carbocycles. The van der Waals surface area contributed by atoms with Gasteiger partial charge in [0.05, 0.1) is 11.1 Å².